The standard InChI is InChI=1S/C16H22N2O3/c1-3-18(11-15-8-5-9-21-15)16(20)17-14-7-4-6-13(10-14)12(2)19/h4,6-7,10,15H,3,5,8-9,11H2,1-2H3,(H,17,20). The number of benzene rings is 1. The molecule has 2 rings (SSSR count). The summed E-state index contributed by atoms with van der Waals surface area (Å²) >= 11 is 0. The first kappa shape index (κ1) is 15.5. The van der Waals surface area contributed by atoms with E-state index in [1.807, 2.05) is 6.92 Å². The minimum absolute atomic E-state index is 0.0159. The SMILES string of the molecule is CCN(CC1CCCO1)C(=O)Nc1cccc(C(C)=O)c1. The highest BCUT2D eigenvalue weighted by Crippen LogP contribution is 2.15. The van der Waals surface area contributed by atoms with Crippen molar-refractivity contribution in [3.05, 3.63) is 29.8 Å². The zero-order valence-corrected chi connectivity index (χ0v) is 12.6. The van der Waals surface area contributed by atoms with E-state index in [1.54, 1.807) is 29.2 Å². The number of ketones is 1. The number of nitrogens with zero attached hydrogens (tertiary/aromatic N) is 1. The van der Waals surface area contributed by atoms with Crippen molar-refractivity contribution in [2.45, 2.75) is 32.8 Å². The Balaban J connectivity index is 1.98. The molecule has 114 valence electrons. The lowest BCUT2D eigenvalue weighted by molar-refractivity contribution is 0.0849. The van der Waals surface area contributed by atoms with Crippen LogP contribution in [0.15, 0.2) is 24.3 Å². The van der Waals surface area contributed by atoms with E-state index >= 15 is 0 Å². The zero-order valence-electron chi connectivity index (χ0n) is 12.6. The highest BCUT2D eigenvalue weighted by molar-refractivity contribution is 5.96. The lowest BCUT2D eigenvalue weighted by atomic mass is 10.1. The van der Waals surface area contributed by atoms with Gasteiger partial charge >= 0.3 is 6.03 Å². The van der Waals surface area contributed by atoms with Crippen LogP contribution in [0.3, 0.4) is 0 Å². The van der Waals surface area contributed by atoms with E-state index in [4.69, 9.17) is 4.74 Å². The van der Waals surface area contributed by atoms with Gasteiger partial charge in [-0.3, -0.25) is 4.79 Å². The van der Waals surface area contributed by atoms with Crippen molar-refractivity contribution in [1.82, 2.24) is 4.90 Å². The Morgan fingerprint density at radius 1 is 1.43 bits per heavy atom. The summed E-state index contributed by atoms with van der Waals surface area (Å²) < 4.78 is 5.57. The summed E-state index contributed by atoms with van der Waals surface area (Å²) in [6, 6.07) is 6.82. The molecule has 1 N–H and O–H groups in total. The molecule has 1 saturated heterocycles. The predicted octanol–water partition coefficient (Wildman–Crippen LogP) is 2.92. The Hall–Kier alpha value is -1.88. The van der Waals surface area contributed by atoms with Crippen LogP contribution in [0.4, 0.5) is 10.5 Å². The number of carbonyl (C=O) groups excluding carboxylic acids is 2. The summed E-state index contributed by atoms with van der Waals surface area (Å²) in [6.45, 7) is 5.47. The second-order valence-electron chi connectivity index (χ2n) is 5.24. The highest BCUT2D eigenvalue weighted by atomic mass is 16.5. The molecule has 1 heterocycles. The number of hydrogen-bond donors (Lipinski definition) is 1. The Morgan fingerprint density at radius 3 is 2.86 bits per heavy atom. The smallest absolute Gasteiger partial charge is 0.321 e. The van der Waals surface area contributed by atoms with Crippen LogP contribution in [-0.4, -0.2) is 42.5 Å². The van der Waals surface area contributed by atoms with Crippen molar-refractivity contribution in [3.63, 3.8) is 0 Å². The van der Waals surface area contributed by atoms with Gasteiger partial charge in [0.2, 0.25) is 0 Å². The van der Waals surface area contributed by atoms with Gasteiger partial charge in [0.05, 0.1) is 6.10 Å². The van der Waals surface area contributed by atoms with Gasteiger partial charge in [-0.15, -0.1) is 0 Å². The van der Waals surface area contributed by atoms with Crippen molar-refractivity contribution >= 4 is 17.5 Å². The first-order chi connectivity index (χ1) is 10.1. The van der Waals surface area contributed by atoms with Crippen LogP contribution in [0.1, 0.15) is 37.0 Å². The Bertz CT molecular complexity index is 510. The van der Waals surface area contributed by atoms with Crippen LogP contribution in [-0.2, 0) is 4.74 Å². The van der Waals surface area contributed by atoms with Gasteiger partial charge in [0.15, 0.2) is 5.78 Å². The molecule has 5 nitrogen and oxygen atoms in total. The van der Waals surface area contributed by atoms with E-state index < -0.39 is 0 Å². The summed E-state index contributed by atoms with van der Waals surface area (Å²) in [7, 11) is 0. The quantitative estimate of drug-likeness (QED) is 0.848. The largest absolute Gasteiger partial charge is 0.376 e. The summed E-state index contributed by atoms with van der Waals surface area (Å²) in [5.74, 6) is -0.0159. The van der Waals surface area contributed by atoms with Gasteiger partial charge in [0, 0.05) is 30.9 Å². The minimum atomic E-state index is -0.159. The lowest BCUT2D eigenvalue weighted by Crippen LogP contribution is -2.39. The summed E-state index contributed by atoms with van der Waals surface area (Å²) in [5.41, 5.74) is 1.23. The number of carbonyl (C=O) groups is 2. The minimum Gasteiger partial charge on any atom is -0.376 e. The molecule has 1 fully saturated rings. The molecule has 1 aromatic rings. The summed E-state index contributed by atoms with van der Waals surface area (Å²) in [4.78, 5) is 25.4. The fraction of sp³-hybridized carbons (Fsp3) is 0.500. The number of likely N-dealkylation sites (N-methyl/N-ethyl adjacent to an activating group) is 1. The number of nitrogens with one attached hydrogen (secondary N) is 1. The Kier molecular flexibility index (Phi) is 5.33. The zero-order chi connectivity index (χ0) is 15.2. The highest BCUT2D eigenvalue weighted by Gasteiger charge is 2.21. The number of ether oxygens (including phenoxy) is 1. The van der Waals surface area contributed by atoms with Crippen molar-refractivity contribution in [2.24, 2.45) is 0 Å². The molecule has 0 aromatic heterocycles. The van der Waals surface area contributed by atoms with E-state index in [1.165, 1.54) is 6.92 Å². The van der Waals surface area contributed by atoms with Gasteiger partial charge in [0.25, 0.3) is 0 Å². The van der Waals surface area contributed by atoms with Crippen LogP contribution in [0.25, 0.3) is 0 Å². The number of urea groups is 1. The molecule has 1 aliphatic rings. The van der Waals surface area contributed by atoms with Crippen molar-refractivity contribution in [3.8, 4) is 0 Å². The third kappa shape index (κ3) is 4.29. The van der Waals surface area contributed by atoms with Gasteiger partial charge in [-0.05, 0) is 38.8 Å². The lowest BCUT2D eigenvalue weighted by Gasteiger charge is -2.24. The van der Waals surface area contributed by atoms with E-state index in [0.717, 1.165) is 19.4 Å². The normalized spacial score (nSPS) is 17.5. The number of rotatable bonds is 5. The molecule has 2 amide bonds. The number of anilines is 1. The molecule has 0 saturated carbocycles. The van der Waals surface area contributed by atoms with Crippen molar-refractivity contribution in [2.75, 3.05) is 25.0 Å². The van der Waals surface area contributed by atoms with Gasteiger partial charge in [0.1, 0.15) is 0 Å². The van der Waals surface area contributed by atoms with Gasteiger partial charge < -0.3 is 15.0 Å². The number of Topliss-reactive ketones (excluding diaryl/α,β-unsaturated/α-hetero) is 1. The molecule has 0 aliphatic carbocycles. The van der Waals surface area contributed by atoms with Crippen LogP contribution in [0.2, 0.25) is 0 Å². The van der Waals surface area contributed by atoms with Crippen LogP contribution < -0.4 is 5.32 Å². The molecular formula is C16H22N2O3. The summed E-state index contributed by atoms with van der Waals surface area (Å²) in [5, 5.41) is 2.84. The maximum atomic E-state index is 12.3. The molecule has 0 spiro atoms. The first-order valence-electron chi connectivity index (χ1n) is 7.38. The van der Waals surface area contributed by atoms with E-state index in [0.29, 0.717) is 24.3 Å². The fourth-order valence-corrected chi connectivity index (χ4v) is 2.41. The third-order valence-electron chi connectivity index (χ3n) is 3.64. The second kappa shape index (κ2) is 7.22. The monoisotopic (exact) mass is 290 g/mol. The van der Waals surface area contributed by atoms with E-state index in [2.05, 4.69) is 5.32 Å². The molecule has 1 unspecified atom stereocenters. The number of amides is 2. The molecule has 1 atom stereocenters. The maximum absolute atomic E-state index is 12.3. The van der Waals surface area contributed by atoms with E-state index in [9.17, 15) is 9.59 Å². The molecule has 0 radical (unpaired) electrons. The molecule has 21 heavy (non-hydrogen) atoms. The molecule has 1 aliphatic heterocycles. The van der Waals surface area contributed by atoms with Crippen LogP contribution >= 0.6 is 0 Å². The summed E-state index contributed by atoms with van der Waals surface area (Å²) in [6.07, 6.45) is 2.20. The predicted molar refractivity (Wildman–Crippen MR) is 81.7 cm³/mol. The average molecular weight is 290 g/mol. The maximum Gasteiger partial charge on any atom is 0.321 e. The Morgan fingerprint density at radius 2 is 2.24 bits per heavy atom. The molecule has 5 heteroatoms. The topological polar surface area (TPSA) is 58.6 Å². The van der Waals surface area contributed by atoms with Crippen LogP contribution in [0.5, 0.6) is 0 Å². The van der Waals surface area contributed by atoms with Gasteiger partial charge in [-0.2, -0.15) is 0 Å². The van der Waals surface area contributed by atoms with Crippen molar-refractivity contribution in [1.29, 1.82) is 0 Å². The average Bonchev–Trinajstić information content (AvgIpc) is 2.97. The third-order valence-corrected chi connectivity index (χ3v) is 3.64. The number of hydrogen-bond acceptors (Lipinski definition) is 3. The van der Waals surface area contributed by atoms with Crippen LogP contribution in [0, 0.1) is 0 Å². The van der Waals surface area contributed by atoms with Gasteiger partial charge in [-0.1, -0.05) is 12.1 Å². The first-order valence-corrected chi connectivity index (χ1v) is 7.38. The Labute approximate surface area is 125 Å². The molecule has 1 aromatic carbocycles. The van der Waals surface area contributed by atoms with Crippen molar-refractivity contribution < 1.29 is 14.3 Å². The van der Waals surface area contributed by atoms with E-state index in [-0.39, 0.29) is 17.9 Å². The fourth-order valence-electron chi connectivity index (χ4n) is 2.41. The van der Waals surface area contributed by atoms with Gasteiger partial charge in [-0.25, -0.2) is 4.79 Å². The molecule has 0 bridgehead atoms. The second-order valence-corrected chi connectivity index (χ2v) is 5.24. The molecular weight excluding hydrogens is 268 g/mol.